The van der Waals surface area contributed by atoms with Crippen molar-refractivity contribution in [1.82, 2.24) is 10.2 Å². The zero-order valence-electron chi connectivity index (χ0n) is 13.9. The van der Waals surface area contributed by atoms with E-state index in [1.165, 1.54) is 0 Å². The van der Waals surface area contributed by atoms with Gasteiger partial charge in [0, 0.05) is 11.5 Å². The van der Waals surface area contributed by atoms with Gasteiger partial charge in [0.15, 0.2) is 17.5 Å². The topological polar surface area (TPSA) is 77.8 Å². The van der Waals surface area contributed by atoms with Crippen LogP contribution in [0.5, 0.6) is 0 Å². The first-order valence-corrected chi connectivity index (χ1v) is 8.27. The Balaban J connectivity index is 1.54. The van der Waals surface area contributed by atoms with Crippen molar-refractivity contribution >= 4 is 11.6 Å². The Labute approximate surface area is 151 Å². The van der Waals surface area contributed by atoms with Gasteiger partial charge in [-0.15, -0.1) is 0 Å². The number of benzene rings is 2. The molecule has 2 atom stereocenters. The SMILES string of the molecule is O=C(Nc1c(-c2ccccc2)[nH][nH]c1=O)C1CC1c1cc(F)c(F)c(F)c1. The molecule has 3 aromatic rings. The van der Waals surface area contributed by atoms with E-state index in [1.54, 1.807) is 24.3 Å². The van der Waals surface area contributed by atoms with E-state index in [2.05, 4.69) is 15.5 Å². The van der Waals surface area contributed by atoms with E-state index in [9.17, 15) is 22.8 Å². The third-order valence-corrected chi connectivity index (χ3v) is 4.65. The lowest BCUT2D eigenvalue weighted by Gasteiger charge is -2.06. The largest absolute Gasteiger partial charge is 0.319 e. The van der Waals surface area contributed by atoms with Crippen molar-refractivity contribution in [1.29, 1.82) is 0 Å². The predicted molar refractivity (Wildman–Crippen MR) is 92.6 cm³/mol. The molecule has 0 saturated heterocycles. The van der Waals surface area contributed by atoms with E-state index in [4.69, 9.17) is 0 Å². The maximum atomic E-state index is 13.4. The number of carbonyl (C=O) groups excluding carboxylic acids is 1. The molecule has 4 rings (SSSR count). The van der Waals surface area contributed by atoms with Gasteiger partial charge in [-0.3, -0.25) is 19.8 Å². The van der Waals surface area contributed by atoms with Gasteiger partial charge in [0.25, 0.3) is 5.56 Å². The summed E-state index contributed by atoms with van der Waals surface area (Å²) in [4.78, 5) is 24.5. The number of rotatable bonds is 4. The Morgan fingerprint density at radius 2 is 1.70 bits per heavy atom. The highest BCUT2D eigenvalue weighted by molar-refractivity contribution is 5.98. The number of hydrogen-bond acceptors (Lipinski definition) is 2. The molecule has 27 heavy (non-hydrogen) atoms. The Morgan fingerprint density at radius 3 is 2.37 bits per heavy atom. The van der Waals surface area contributed by atoms with Gasteiger partial charge in [-0.05, 0) is 30.0 Å². The minimum absolute atomic E-state index is 0.0771. The van der Waals surface area contributed by atoms with Gasteiger partial charge in [-0.2, -0.15) is 0 Å². The zero-order chi connectivity index (χ0) is 19.1. The van der Waals surface area contributed by atoms with Crippen molar-refractivity contribution in [2.75, 3.05) is 5.32 Å². The number of aromatic nitrogens is 2. The number of anilines is 1. The molecular formula is C19H14F3N3O2. The monoisotopic (exact) mass is 373 g/mol. The summed E-state index contributed by atoms with van der Waals surface area (Å²) < 4.78 is 39.9. The van der Waals surface area contributed by atoms with Crippen molar-refractivity contribution in [3.05, 3.63) is 75.8 Å². The van der Waals surface area contributed by atoms with Crippen LogP contribution in [0.25, 0.3) is 11.3 Å². The smallest absolute Gasteiger partial charge is 0.288 e. The summed E-state index contributed by atoms with van der Waals surface area (Å²) in [6, 6.07) is 10.8. The van der Waals surface area contributed by atoms with Crippen LogP contribution in [0.3, 0.4) is 0 Å². The molecule has 2 unspecified atom stereocenters. The van der Waals surface area contributed by atoms with Gasteiger partial charge in [-0.1, -0.05) is 30.3 Å². The molecule has 0 radical (unpaired) electrons. The summed E-state index contributed by atoms with van der Waals surface area (Å²) >= 11 is 0. The third-order valence-electron chi connectivity index (χ3n) is 4.65. The van der Waals surface area contributed by atoms with Gasteiger partial charge in [0.1, 0.15) is 5.69 Å². The molecule has 1 fully saturated rings. The predicted octanol–water partition coefficient (Wildman–Crippen LogP) is 3.53. The Bertz CT molecular complexity index is 1050. The highest BCUT2D eigenvalue weighted by atomic mass is 19.2. The summed E-state index contributed by atoms with van der Waals surface area (Å²) in [5.41, 5.74) is 0.954. The third kappa shape index (κ3) is 3.14. The van der Waals surface area contributed by atoms with E-state index in [0.717, 1.165) is 12.1 Å². The van der Waals surface area contributed by atoms with Gasteiger partial charge < -0.3 is 5.32 Å². The van der Waals surface area contributed by atoms with E-state index < -0.39 is 40.8 Å². The molecule has 0 spiro atoms. The van der Waals surface area contributed by atoms with Crippen molar-refractivity contribution in [3.63, 3.8) is 0 Å². The normalized spacial score (nSPS) is 18.3. The molecule has 1 amide bonds. The molecule has 1 aliphatic rings. The number of halogens is 3. The highest BCUT2D eigenvalue weighted by Crippen LogP contribution is 2.48. The van der Waals surface area contributed by atoms with E-state index in [1.807, 2.05) is 6.07 Å². The van der Waals surface area contributed by atoms with E-state index in [0.29, 0.717) is 17.7 Å². The fraction of sp³-hybridized carbons (Fsp3) is 0.158. The summed E-state index contributed by atoms with van der Waals surface area (Å²) in [5.74, 6) is -5.52. The van der Waals surface area contributed by atoms with E-state index in [-0.39, 0.29) is 11.3 Å². The summed E-state index contributed by atoms with van der Waals surface area (Å²) in [7, 11) is 0. The number of aromatic amines is 2. The first-order valence-electron chi connectivity index (χ1n) is 8.27. The summed E-state index contributed by atoms with van der Waals surface area (Å²) in [6.07, 6.45) is 0.360. The minimum atomic E-state index is -1.54. The number of nitrogens with one attached hydrogen (secondary N) is 3. The fourth-order valence-corrected chi connectivity index (χ4v) is 3.16. The number of carbonyl (C=O) groups is 1. The Kier molecular flexibility index (Phi) is 4.10. The average molecular weight is 373 g/mol. The highest BCUT2D eigenvalue weighted by Gasteiger charge is 2.45. The van der Waals surface area contributed by atoms with Gasteiger partial charge in [0.2, 0.25) is 5.91 Å². The quantitative estimate of drug-likeness (QED) is 0.612. The van der Waals surface area contributed by atoms with Crippen LogP contribution >= 0.6 is 0 Å². The first-order chi connectivity index (χ1) is 13.0. The second-order valence-electron chi connectivity index (χ2n) is 6.43. The van der Waals surface area contributed by atoms with Gasteiger partial charge in [0.05, 0.1) is 5.69 Å². The maximum Gasteiger partial charge on any atom is 0.288 e. The van der Waals surface area contributed by atoms with Crippen molar-refractivity contribution < 1.29 is 18.0 Å². The zero-order valence-corrected chi connectivity index (χ0v) is 13.9. The lowest BCUT2D eigenvalue weighted by Crippen LogP contribution is -2.19. The molecule has 5 nitrogen and oxygen atoms in total. The van der Waals surface area contributed by atoms with Crippen molar-refractivity contribution in [3.8, 4) is 11.3 Å². The molecule has 0 bridgehead atoms. The minimum Gasteiger partial charge on any atom is -0.319 e. The molecule has 2 aromatic carbocycles. The molecular weight excluding hydrogens is 359 g/mol. The Hall–Kier alpha value is -3.29. The fourth-order valence-electron chi connectivity index (χ4n) is 3.16. The number of H-pyrrole nitrogens is 2. The van der Waals surface area contributed by atoms with Crippen LogP contribution in [0.2, 0.25) is 0 Å². The lowest BCUT2D eigenvalue weighted by molar-refractivity contribution is -0.117. The molecule has 1 heterocycles. The molecule has 0 aliphatic heterocycles. The standard InChI is InChI=1S/C19H14F3N3O2/c20-13-6-10(7-14(21)15(13)22)11-8-12(11)18(26)23-17-16(24-25-19(17)27)9-4-2-1-3-5-9/h1-7,11-12H,8H2,(H,23,26)(H2,24,25,27). The van der Waals surface area contributed by atoms with Crippen LogP contribution in [0.1, 0.15) is 17.9 Å². The van der Waals surface area contributed by atoms with E-state index >= 15 is 0 Å². The van der Waals surface area contributed by atoms with Crippen LogP contribution in [0, 0.1) is 23.4 Å². The maximum absolute atomic E-state index is 13.4. The van der Waals surface area contributed by atoms with Crippen LogP contribution < -0.4 is 10.9 Å². The van der Waals surface area contributed by atoms with Gasteiger partial charge in [-0.25, -0.2) is 13.2 Å². The second-order valence-corrected chi connectivity index (χ2v) is 6.43. The van der Waals surface area contributed by atoms with Gasteiger partial charge >= 0.3 is 0 Å². The molecule has 1 aromatic heterocycles. The second kappa shape index (κ2) is 6.46. The average Bonchev–Trinajstić information content (AvgIpc) is 3.39. The van der Waals surface area contributed by atoms with Crippen LogP contribution in [0.4, 0.5) is 18.9 Å². The Morgan fingerprint density at radius 1 is 1.04 bits per heavy atom. The number of hydrogen-bond donors (Lipinski definition) is 3. The van der Waals surface area contributed by atoms with Crippen LogP contribution in [-0.4, -0.2) is 16.1 Å². The molecule has 1 saturated carbocycles. The molecule has 1 aliphatic carbocycles. The molecule has 3 N–H and O–H groups in total. The summed E-state index contributed by atoms with van der Waals surface area (Å²) in [5, 5.41) is 7.74. The van der Waals surface area contributed by atoms with Crippen LogP contribution in [-0.2, 0) is 4.79 Å². The van der Waals surface area contributed by atoms with Crippen LogP contribution in [0.15, 0.2) is 47.3 Å². The summed E-state index contributed by atoms with van der Waals surface area (Å²) in [6.45, 7) is 0. The number of amides is 1. The lowest BCUT2D eigenvalue weighted by atomic mass is 10.1. The van der Waals surface area contributed by atoms with Crippen molar-refractivity contribution in [2.24, 2.45) is 5.92 Å². The van der Waals surface area contributed by atoms with Crippen molar-refractivity contribution in [2.45, 2.75) is 12.3 Å². The first kappa shape index (κ1) is 17.1. The molecule has 8 heteroatoms. The molecule has 138 valence electrons.